The lowest BCUT2D eigenvalue weighted by atomic mass is 10.2. The standard InChI is InChI=1S/C20H21BrFNO3S/c1-3-4-10-26-20(25)13(2)27-18-12-17(16(22)11-15(18)21)23-19(24)14-8-6-5-7-9-14/h5-9,11-13H,3-4,10H2,1-2H3,(H,23,24). The molecule has 0 radical (unpaired) electrons. The van der Waals surface area contributed by atoms with Crippen LogP contribution in [0.1, 0.15) is 37.0 Å². The van der Waals surface area contributed by atoms with E-state index in [-0.39, 0.29) is 11.7 Å². The summed E-state index contributed by atoms with van der Waals surface area (Å²) in [7, 11) is 0. The van der Waals surface area contributed by atoms with E-state index in [2.05, 4.69) is 21.2 Å². The molecule has 0 saturated carbocycles. The third-order valence-corrected chi connectivity index (χ3v) is 5.74. The highest BCUT2D eigenvalue weighted by atomic mass is 79.9. The average molecular weight is 454 g/mol. The van der Waals surface area contributed by atoms with Crippen LogP contribution in [-0.2, 0) is 9.53 Å². The van der Waals surface area contributed by atoms with Crippen molar-refractivity contribution in [3.05, 3.63) is 58.3 Å². The van der Waals surface area contributed by atoms with Gasteiger partial charge in [-0.05, 0) is 53.5 Å². The number of esters is 1. The number of carbonyl (C=O) groups is 2. The molecule has 4 nitrogen and oxygen atoms in total. The van der Waals surface area contributed by atoms with E-state index >= 15 is 0 Å². The van der Waals surface area contributed by atoms with Crippen molar-refractivity contribution >= 4 is 45.3 Å². The summed E-state index contributed by atoms with van der Waals surface area (Å²) in [5, 5.41) is 2.12. The number of hydrogen-bond donors (Lipinski definition) is 1. The van der Waals surface area contributed by atoms with E-state index in [0.29, 0.717) is 21.5 Å². The third kappa shape index (κ3) is 6.36. The van der Waals surface area contributed by atoms with Crippen molar-refractivity contribution in [1.29, 1.82) is 0 Å². The van der Waals surface area contributed by atoms with Crippen molar-refractivity contribution in [2.75, 3.05) is 11.9 Å². The number of anilines is 1. The second-order valence-electron chi connectivity index (χ2n) is 5.86. The minimum atomic E-state index is -0.561. The normalized spacial score (nSPS) is 11.7. The van der Waals surface area contributed by atoms with Crippen LogP contribution in [0.15, 0.2) is 51.8 Å². The van der Waals surface area contributed by atoms with E-state index in [9.17, 15) is 14.0 Å². The second-order valence-corrected chi connectivity index (χ2v) is 8.10. The SMILES string of the molecule is CCCCOC(=O)C(C)Sc1cc(NC(=O)c2ccccc2)c(F)cc1Br. The maximum absolute atomic E-state index is 14.3. The Labute approximate surface area is 171 Å². The van der Waals surface area contributed by atoms with Crippen molar-refractivity contribution in [3.63, 3.8) is 0 Å². The Kier molecular flexibility index (Phi) is 8.31. The van der Waals surface area contributed by atoms with Gasteiger partial charge in [0.1, 0.15) is 11.1 Å². The van der Waals surface area contributed by atoms with Gasteiger partial charge in [0.05, 0.1) is 12.3 Å². The van der Waals surface area contributed by atoms with Gasteiger partial charge in [-0.3, -0.25) is 9.59 Å². The van der Waals surface area contributed by atoms with E-state index in [1.54, 1.807) is 37.3 Å². The van der Waals surface area contributed by atoms with Crippen LogP contribution < -0.4 is 5.32 Å². The Morgan fingerprint density at radius 2 is 1.96 bits per heavy atom. The number of thioether (sulfide) groups is 1. The largest absolute Gasteiger partial charge is 0.465 e. The molecule has 1 unspecified atom stereocenters. The summed E-state index contributed by atoms with van der Waals surface area (Å²) < 4.78 is 20.0. The Balaban J connectivity index is 2.10. The zero-order chi connectivity index (χ0) is 19.8. The number of carbonyl (C=O) groups excluding carboxylic acids is 2. The zero-order valence-electron chi connectivity index (χ0n) is 15.1. The number of halogens is 2. The molecule has 1 N–H and O–H groups in total. The number of rotatable bonds is 8. The molecule has 1 atom stereocenters. The molecule has 1 amide bonds. The van der Waals surface area contributed by atoms with Gasteiger partial charge in [-0.25, -0.2) is 4.39 Å². The highest BCUT2D eigenvalue weighted by Crippen LogP contribution is 2.35. The molecule has 0 aliphatic rings. The Hall–Kier alpha value is -1.86. The van der Waals surface area contributed by atoms with Crippen LogP contribution in [0.4, 0.5) is 10.1 Å². The first-order valence-corrected chi connectivity index (χ1v) is 10.3. The zero-order valence-corrected chi connectivity index (χ0v) is 17.5. The lowest BCUT2D eigenvalue weighted by molar-refractivity contribution is -0.142. The summed E-state index contributed by atoms with van der Waals surface area (Å²) in [6.45, 7) is 4.15. The lowest BCUT2D eigenvalue weighted by Gasteiger charge is -2.14. The number of nitrogens with one attached hydrogen (secondary N) is 1. The fourth-order valence-electron chi connectivity index (χ4n) is 2.17. The second kappa shape index (κ2) is 10.5. The van der Waals surface area contributed by atoms with Crippen LogP contribution in [0, 0.1) is 5.82 Å². The molecule has 0 saturated heterocycles. The van der Waals surface area contributed by atoms with E-state index in [1.165, 1.54) is 23.9 Å². The highest BCUT2D eigenvalue weighted by molar-refractivity contribution is 9.10. The molecule has 2 rings (SSSR count). The van der Waals surface area contributed by atoms with Gasteiger partial charge in [0.25, 0.3) is 5.91 Å². The Morgan fingerprint density at radius 1 is 1.26 bits per heavy atom. The summed E-state index contributed by atoms with van der Waals surface area (Å²) in [5.74, 6) is -1.28. The summed E-state index contributed by atoms with van der Waals surface area (Å²) in [4.78, 5) is 25.0. The maximum Gasteiger partial charge on any atom is 0.319 e. The first-order chi connectivity index (χ1) is 12.9. The van der Waals surface area contributed by atoms with Gasteiger partial charge in [-0.1, -0.05) is 31.5 Å². The van der Waals surface area contributed by atoms with Crippen LogP contribution in [-0.4, -0.2) is 23.7 Å². The summed E-state index contributed by atoms with van der Waals surface area (Å²) in [6.07, 6.45) is 1.77. The molecule has 0 aromatic heterocycles. The fraction of sp³-hybridized carbons (Fsp3) is 0.300. The smallest absolute Gasteiger partial charge is 0.319 e. The van der Waals surface area contributed by atoms with Crippen LogP contribution in [0.5, 0.6) is 0 Å². The number of unbranched alkanes of at least 4 members (excludes halogenated alkanes) is 1. The van der Waals surface area contributed by atoms with Gasteiger partial charge in [-0.15, -0.1) is 11.8 Å². The van der Waals surface area contributed by atoms with Crippen LogP contribution in [0.3, 0.4) is 0 Å². The molecule has 2 aromatic carbocycles. The predicted octanol–water partition coefficient (Wildman–Crippen LogP) is 5.66. The minimum absolute atomic E-state index is 0.0566. The molecular formula is C20H21BrFNO3S. The third-order valence-electron chi connectivity index (χ3n) is 3.68. The molecule has 0 aliphatic carbocycles. The van der Waals surface area contributed by atoms with Crippen LogP contribution >= 0.6 is 27.7 Å². The molecule has 0 spiro atoms. The van der Waals surface area contributed by atoms with E-state index in [4.69, 9.17) is 4.74 Å². The molecule has 7 heteroatoms. The predicted molar refractivity (Wildman–Crippen MR) is 110 cm³/mol. The van der Waals surface area contributed by atoms with Gasteiger partial charge in [0.15, 0.2) is 0 Å². The molecule has 0 aliphatic heterocycles. The number of amides is 1. The van der Waals surface area contributed by atoms with Crippen molar-refractivity contribution < 1.29 is 18.7 Å². The number of benzene rings is 2. The van der Waals surface area contributed by atoms with Gasteiger partial charge >= 0.3 is 5.97 Å². The topological polar surface area (TPSA) is 55.4 Å². The van der Waals surface area contributed by atoms with Crippen molar-refractivity contribution in [2.45, 2.75) is 36.8 Å². The highest BCUT2D eigenvalue weighted by Gasteiger charge is 2.19. The summed E-state index contributed by atoms with van der Waals surface area (Å²) in [6, 6.07) is 11.4. The Bertz CT molecular complexity index is 801. The molecule has 27 heavy (non-hydrogen) atoms. The number of ether oxygens (including phenoxy) is 1. The summed E-state index contributed by atoms with van der Waals surface area (Å²) >= 11 is 4.55. The van der Waals surface area contributed by atoms with Gasteiger partial charge in [0.2, 0.25) is 0 Å². The average Bonchev–Trinajstić information content (AvgIpc) is 2.66. The monoisotopic (exact) mass is 453 g/mol. The van der Waals surface area contributed by atoms with Crippen LogP contribution in [0.2, 0.25) is 0 Å². The molecular weight excluding hydrogens is 433 g/mol. The molecule has 0 heterocycles. The fourth-order valence-corrected chi connectivity index (χ4v) is 3.67. The first kappa shape index (κ1) is 21.4. The molecule has 2 aromatic rings. The first-order valence-electron chi connectivity index (χ1n) is 8.61. The quantitative estimate of drug-likeness (QED) is 0.318. The molecule has 144 valence electrons. The van der Waals surface area contributed by atoms with Gasteiger partial charge in [-0.2, -0.15) is 0 Å². The Morgan fingerprint density at radius 3 is 2.63 bits per heavy atom. The molecule has 0 bridgehead atoms. The minimum Gasteiger partial charge on any atom is -0.465 e. The van der Waals surface area contributed by atoms with Crippen molar-refractivity contribution in [1.82, 2.24) is 0 Å². The van der Waals surface area contributed by atoms with Crippen molar-refractivity contribution in [3.8, 4) is 0 Å². The van der Waals surface area contributed by atoms with Gasteiger partial charge < -0.3 is 10.1 Å². The van der Waals surface area contributed by atoms with Gasteiger partial charge in [0, 0.05) is 14.9 Å². The maximum atomic E-state index is 14.3. The lowest BCUT2D eigenvalue weighted by Crippen LogP contribution is -2.17. The van der Waals surface area contributed by atoms with E-state index in [0.717, 1.165) is 12.8 Å². The molecule has 0 fully saturated rings. The number of hydrogen-bond acceptors (Lipinski definition) is 4. The van der Waals surface area contributed by atoms with Crippen molar-refractivity contribution in [2.24, 2.45) is 0 Å². The van der Waals surface area contributed by atoms with E-state index in [1.807, 2.05) is 6.92 Å². The van der Waals surface area contributed by atoms with Crippen LogP contribution in [0.25, 0.3) is 0 Å². The summed E-state index contributed by atoms with van der Waals surface area (Å²) in [5.41, 5.74) is 0.489. The van der Waals surface area contributed by atoms with E-state index < -0.39 is 17.0 Å².